The van der Waals surface area contributed by atoms with Crippen LogP contribution in [0.3, 0.4) is 0 Å². The molecule has 0 aromatic heterocycles. The number of aliphatic imine (C=N–C) groups is 1. The minimum absolute atomic E-state index is 0. The van der Waals surface area contributed by atoms with Gasteiger partial charge in [0.2, 0.25) is 0 Å². The van der Waals surface area contributed by atoms with Crippen LogP contribution < -0.4 is 16.0 Å². The number of likely N-dealkylation sites (tertiary alicyclic amines) is 1. The largest absolute Gasteiger partial charge is 0.357 e. The lowest BCUT2D eigenvalue weighted by Gasteiger charge is -2.35. The van der Waals surface area contributed by atoms with Gasteiger partial charge in [0.25, 0.3) is 5.91 Å². The Hall–Kier alpha value is -1.35. The average molecular weight is 530 g/mol. The average Bonchev–Trinajstić information content (AvgIpc) is 2.73. The van der Waals surface area contributed by atoms with Gasteiger partial charge in [-0.15, -0.1) is 24.0 Å². The standard InChI is InChI=1S/C23H39N5O.HI/c1-5-7-14-25-22(29)20-10-8-19(9-11-20)17-26-23(24-6-2)27-21-12-15-28(16-13-21)18(3)4;/h8-11,18,21H,5-7,12-17H2,1-4H3,(H,25,29)(H2,24,26,27);1H. The summed E-state index contributed by atoms with van der Waals surface area (Å²) in [5.74, 6) is 0.869. The lowest BCUT2D eigenvalue weighted by molar-refractivity contribution is 0.0953. The fourth-order valence-corrected chi connectivity index (χ4v) is 3.49. The van der Waals surface area contributed by atoms with E-state index in [9.17, 15) is 4.79 Å². The van der Waals surface area contributed by atoms with Crippen molar-refractivity contribution < 1.29 is 4.79 Å². The van der Waals surface area contributed by atoms with Crippen LogP contribution in [-0.4, -0.2) is 55.0 Å². The number of guanidine groups is 1. The van der Waals surface area contributed by atoms with E-state index in [-0.39, 0.29) is 29.9 Å². The van der Waals surface area contributed by atoms with Crippen LogP contribution >= 0.6 is 24.0 Å². The summed E-state index contributed by atoms with van der Waals surface area (Å²) in [7, 11) is 0. The lowest BCUT2D eigenvalue weighted by Crippen LogP contribution is -2.49. The molecule has 0 atom stereocenters. The summed E-state index contributed by atoms with van der Waals surface area (Å²) in [4.78, 5) is 19.4. The summed E-state index contributed by atoms with van der Waals surface area (Å²) >= 11 is 0. The predicted molar refractivity (Wildman–Crippen MR) is 137 cm³/mol. The predicted octanol–water partition coefficient (Wildman–Crippen LogP) is 3.76. The molecule has 30 heavy (non-hydrogen) atoms. The minimum Gasteiger partial charge on any atom is -0.357 e. The fourth-order valence-electron chi connectivity index (χ4n) is 3.49. The van der Waals surface area contributed by atoms with Crippen LogP contribution in [0.25, 0.3) is 0 Å². The molecular formula is C23H40IN5O. The molecule has 1 aliphatic heterocycles. The number of hydrogen-bond acceptors (Lipinski definition) is 3. The summed E-state index contributed by atoms with van der Waals surface area (Å²) in [6.45, 7) is 13.2. The van der Waals surface area contributed by atoms with Gasteiger partial charge in [0.15, 0.2) is 5.96 Å². The number of rotatable bonds is 9. The van der Waals surface area contributed by atoms with Crippen LogP contribution in [0.5, 0.6) is 0 Å². The van der Waals surface area contributed by atoms with Gasteiger partial charge < -0.3 is 20.9 Å². The molecule has 0 radical (unpaired) electrons. The Labute approximate surface area is 199 Å². The van der Waals surface area contributed by atoms with Crippen molar-refractivity contribution in [2.75, 3.05) is 26.2 Å². The highest BCUT2D eigenvalue weighted by Crippen LogP contribution is 2.13. The summed E-state index contributed by atoms with van der Waals surface area (Å²) in [5, 5.41) is 9.90. The van der Waals surface area contributed by atoms with Crippen molar-refractivity contribution in [1.29, 1.82) is 0 Å². The van der Waals surface area contributed by atoms with E-state index in [2.05, 4.69) is 48.5 Å². The molecular weight excluding hydrogens is 489 g/mol. The maximum atomic E-state index is 12.1. The first-order valence-electron chi connectivity index (χ1n) is 11.2. The molecule has 1 heterocycles. The Morgan fingerprint density at radius 3 is 2.37 bits per heavy atom. The number of piperidine rings is 1. The number of nitrogens with zero attached hydrogens (tertiary/aromatic N) is 2. The molecule has 0 bridgehead atoms. The number of carbonyl (C=O) groups is 1. The maximum absolute atomic E-state index is 12.1. The van der Waals surface area contributed by atoms with Crippen LogP contribution in [0.15, 0.2) is 29.3 Å². The van der Waals surface area contributed by atoms with Gasteiger partial charge in [0.1, 0.15) is 0 Å². The molecule has 0 unspecified atom stereocenters. The molecule has 1 aromatic carbocycles. The molecule has 1 aliphatic rings. The monoisotopic (exact) mass is 529 g/mol. The van der Waals surface area contributed by atoms with E-state index in [1.165, 1.54) is 0 Å². The summed E-state index contributed by atoms with van der Waals surface area (Å²) in [5.41, 5.74) is 1.80. The van der Waals surface area contributed by atoms with E-state index in [1.54, 1.807) is 0 Å². The number of hydrogen-bond donors (Lipinski definition) is 3. The Morgan fingerprint density at radius 1 is 1.13 bits per heavy atom. The minimum atomic E-state index is -0.00348. The molecule has 3 N–H and O–H groups in total. The molecule has 0 spiro atoms. The van der Waals surface area contributed by atoms with Crippen molar-refractivity contribution in [1.82, 2.24) is 20.9 Å². The van der Waals surface area contributed by atoms with Gasteiger partial charge >= 0.3 is 0 Å². The second-order valence-electron chi connectivity index (χ2n) is 8.05. The number of unbranched alkanes of at least 4 members (excludes halogenated alkanes) is 1. The molecule has 6 nitrogen and oxygen atoms in total. The van der Waals surface area contributed by atoms with Crippen LogP contribution in [0, 0.1) is 0 Å². The molecule has 7 heteroatoms. The number of halogens is 1. The topological polar surface area (TPSA) is 68.8 Å². The van der Waals surface area contributed by atoms with Gasteiger partial charge in [0, 0.05) is 43.8 Å². The van der Waals surface area contributed by atoms with E-state index in [0.29, 0.717) is 24.2 Å². The molecule has 1 amide bonds. The number of carbonyl (C=O) groups excluding carboxylic acids is 1. The van der Waals surface area contributed by atoms with Gasteiger partial charge in [-0.3, -0.25) is 4.79 Å². The Morgan fingerprint density at radius 2 is 1.80 bits per heavy atom. The van der Waals surface area contributed by atoms with E-state index in [4.69, 9.17) is 4.99 Å². The van der Waals surface area contributed by atoms with E-state index >= 15 is 0 Å². The third-order valence-electron chi connectivity index (χ3n) is 5.40. The number of amides is 1. The zero-order valence-electron chi connectivity index (χ0n) is 19.0. The molecule has 1 aromatic rings. The molecule has 2 rings (SSSR count). The van der Waals surface area contributed by atoms with Crippen LogP contribution in [-0.2, 0) is 6.54 Å². The maximum Gasteiger partial charge on any atom is 0.251 e. The second kappa shape index (κ2) is 14.6. The highest BCUT2D eigenvalue weighted by atomic mass is 127. The van der Waals surface area contributed by atoms with E-state index in [1.807, 2.05) is 24.3 Å². The van der Waals surface area contributed by atoms with E-state index < -0.39 is 0 Å². The smallest absolute Gasteiger partial charge is 0.251 e. The van der Waals surface area contributed by atoms with Gasteiger partial charge in [-0.25, -0.2) is 4.99 Å². The highest BCUT2D eigenvalue weighted by molar-refractivity contribution is 14.0. The zero-order chi connectivity index (χ0) is 21.1. The molecule has 0 aliphatic carbocycles. The van der Waals surface area contributed by atoms with Crippen molar-refractivity contribution >= 4 is 35.8 Å². The van der Waals surface area contributed by atoms with Gasteiger partial charge in [-0.2, -0.15) is 0 Å². The van der Waals surface area contributed by atoms with Crippen molar-refractivity contribution in [3.63, 3.8) is 0 Å². The molecule has 1 saturated heterocycles. The lowest BCUT2D eigenvalue weighted by atomic mass is 10.0. The first kappa shape index (κ1) is 26.7. The van der Waals surface area contributed by atoms with Crippen molar-refractivity contribution in [3.8, 4) is 0 Å². The van der Waals surface area contributed by atoms with Crippen molar-refractivity contribution in [2.24, 2.45) is 4.99 Å². The zero-order valence-corrected chi connectivity index (χ0v) is 21.4. The molecule has 1 fully saturated rings. The van der Waals surface area contributed by atoms with Crippen LogP contribution in [0.4, 0.5) is 0 Å². The molecule has 170 valence electrons. The SMILES string of the molecule is CCCCNC(=O)c1ccc(CN=C(NCC)NC2CCN(C(C)C)CC2)cc1.I. The molecule has 0 saturated carbocycles. The Bertz CT molecular complexity index is 639. The third kappa shape index (κ3) is 9.20. The Balaban J connectivity index is 0.00000450. The summed E-state index contributed by atoms with van der Waals surface area (Å²) in [6.07, 6.45) is 4.38. The first-order valence-corrected chi connectivity index (χ1v) is 11.2. The normalized spacial score (nSPS) is 15.6. The quantitative estimate of drug-likeness (QED) is 0.197. The van der Waals surface area contributed by atoms with Gasteiger partial charge in [0.05, 0.1) is 6.54 Å². The van der Waals surface area contributed by atoms with Crippen molar-refractivity contribution in [2.45, 2.75) is 72.0 Å². The summed E-state index contributed by atoms with van der Waals surface area (Å²) in [6, 6.07) is 8.83. The van der Waals surface area contributed by atoms with Crippen LogP contribution in [0.2, 0.25) is 0 Å². The summed E-state index contributed by atoms with van der Waals surface area (Å²) < 4.78 is 0. The van der Waals surface area contributed by atoms with Gasteiger partial charge in [-0.1, -0.05) is 25.5 Å². The number of benzene rings is 1. The van der Waals surface area contributed by atoms with E-state index in [0.717, 1.165) is 63.4 Å². The fraction of sp³-hybridized carbons (Fsp3) is 0.652. The third-order valence-corrected chi connectivity index (χ3v) is 5.40. The van der Waals surface area contributed by atoms with Crippen molar-refractivity contribution in [3.05, 3.63) is 35.4 Å². The number of nitrogens with one attached hydrogen (secondary N) is 3. The highest BCUT2D eigenvalue weighted by Gasteiger charge is 2.21. The Kier molecular flexibility index (Phi) is 13.0. The van der Waals surface area contributed by atoms with Crippen LogP contribution in [0.1, 0.15) is 69.3 Å². The first-order chi connectivity index (χ1) is 14.0. The van der Waals surface area contributed by atoms with Gasteiger partial charge in [-0.05, 0) is 57.7 Å². The second-order valence-corrected chi connectivity index (χ2v) is 8.05.